The third-order valence-electron chi connectivity index (χ3n) is 5.14. The summed E-state index contributed by atoms with van der Waals surface area (Å²) < 4.78 is 25.0. The van der Waals surface area contributed by atoms with Crippen molar-refractivity contribution >= 4 is 6.47 Å². The van der Waals surface area contributed by atoms with Crippen LogP contribution in [0.1, 0.15) is 41.7 Å². The Morgan fingerprint density at radius 2 is 1.56 bits per heavy atom. The van der Waals surface area contributed by atoms with Gasteiger partial charge in [0.05, 0.1) is 0 Å². The molecule has 1 heterocycles. The molecule has 0 unspecified atom stereocenters. The van der Waals surface area contributed by atoms with Crippen molar-refractivity contribution in [2.75, 3.05) is 6.54 Å². The maximum Gasteiger partial charge on any atom is 0.298 e. The summed E-state index contributed by atoms with van der Waals surface area (Å²) in [6.07, 6.45) is 0.726. The summed E-state index contributed by atoms with van der Waals surface area (Å²) in [5.74, 6) is 1.36. The van der Waals surface area contributed by atoms with Crippen molar-refractivity contribution in [1.29, 1.82) is 0 Å². The number of rotatable bonds is 5. The van der Waals surface area contributed by atoms with E-state index in [2.05, 4.69) is 10.1 Å². The number of ether oxygens (including phenoxy) is 2. The van der Waals surface area contributed by atoms with Gasteiger partial charge in [0.2, 0.25) is 0 Å². The Balaban J connectivity index is 0.000000277. The van der Waals surface area contributed by atoms with Crippen LogP contribution in [-0.2, 0) is 24.4 Å². The predicted octanol–water partition coefficient (Wildman–Crippen LogP) is 5.92. The summed E-state index contributed by atoms with van der Waals surface area (Å²) in [5, 5.41) is 3.31. The van der Waals surface area contributed by atoms with Gasteiger partial charge < -0.3 is 14.8 Å². The quantitative estimate of drug-likeness (QED) is 0.504. The highest BCUT2D eigenvalue weighted by Gasteiger charge is 2.23. The first-order chi connectivity index (χ1) is 15.6. The molecular weight excluding hydrogens is 405 g/mol. The Bertz CT molecular complexity index is 975. The number of halogens is 1. The number of carbonyl (C=O) groups is 1. The summed E-state index contributed by atoms with van der Waals surface area (Å²) in [6.45, 7) is 10.2. The van der Waals surface area contributed by atoms with E-state index in [0.717, 1.165) is 41.0 Å². The van der Waals surface area contributed by atoms with Crippen molar-refractivity contribution < 1.29 is 18.7 Å². The Hall–Kier alpha value is -3.18. The largest absolute Gasteiger partial charge is 0.488 e. The maximum atomic E-state index is 14.4. The lowest BCUT2D eigenvalue weighted by molar-refractivity contribution is -0.120. The maximum absolute atomic E-state index is 14.4. The molecule has 170 valence electrons. The molecule has 3 aromatic rings. The van der Waals surface area contributed by atoms with Crippen LogP contribution in [0.4, 0.5) is 4.39 Å². The van der Waals surface area contributed by atoms with Crippen LogP contribution in [0.5, 0.6) is 11.5 Å². The second-order valence-corrected chi connectivity index (χ2v) is 7.08. The molecule has 1 aliphatic heterocycles. The molecule has 0 amide bonds. The van der Waals surface area contributed by atoms with Crippen LogP contribution < -0.4 is 14.8 Å². The monoisotopic (exact) mass is 437 g/mol. The van der Waals surface area contributed by atoms with E-state index in [1.54, 1.807) is 24.3 Å². The van der Waals surface area contributed by atoms with Gasteiger partial charge in [-0.25, -0.2) is 4.39 Å². The molecule has 1 aliphatic rings. The van der Waals surface area contributed by atoms with Crippen LogP contribution in [0.2, 0.25) is 0 Å². The van der Waals surface area contributed by atoms with E-state index in [1.807, 2.05) is 64.1 Å². The highest BCUT2D eigenvalue weighted by atomic mass is 19.1. The summed E-state index contributed by atoms with van der Waals surface area (Å²) in [7, 11) is 0. The van der Waals surface area contributed by atoms with Gasteiger partial charge in [0, 0.05) is 12.1 Å². The lowest BCUT2D eigenvalue weighted by Crippen LogP contribution is -2.26. The Labute approximate surface area is 190 Å². The first kappa shape index (κ1) is 25.1. The van der Waals surface area contributed by atoms with E-state index < -0.39 is 0 Å². The molecule has 0 atom stereocenters. The topological polar surface area (TPSA) is 47.6 Å². The van der Waals surface area contributed by atoms with Gasteiger partial charge in [0.15, 0.2) is 0 Å². The average molecular weight is 438 g/mol. The molecule has 0 aliphatic carbocycles. The number of hydrogen-bond acceptors (Lipinski definition) is 4. The Morgan fingerprint density at radius 3 is 2.19 bits per heavy atom. The van der Waals surface area contributed by atoms with E-state index in [-0.39, 0.29) is 5.82 Å². The zero-order chi connectivity index (χ0) is 23.3. The fourth-order valence-corrected chi connectivity index (χ4v) is 3.41. The van der Waals surface area contributed by atoms with Gasteiger partial charge in [0.1, 0.15) is 23.9 Å². The Kier molecular flexibility index (Phi) is 10.4. The van der Waals surface area contributed by atoms with Crippen molar-refractivity contribution in [3.63, 3.8) is 0 Å². The minimum Gasteiger partial charge on any atom is -0.488 e. The van der Waals surface area contributed by atoms with Gasteiger partial charge in [-0.3, -0.25) is 4.79 Å². The van der Waals surface area contributed by atoms with Crippen LogP contribution >= 0.6 is 0 Å². The molecule has 0 bridgehead atoms. The fourth-order valence-electron chi connectivity index (χ4n) is 3.41. The molecule has 0 fully saturated rings. The molecular formula is C27H32FNO3. The molecule has 4 nitrogen and oxygen atoms in total. The molecule has 1 N–H and O–H groups in total. The molecule has 0 aromatic heterocycles. The second kappa shape index (κ2) is 13.3. The lowest BCUT2D eigenvalue weighted by Gasteiger charge is -2.24. The fraction of sp³-hybridized carbons (Fsp3) is 0.296. The number of hydrogen-bond donors (Lipinski definition) is 1. The van der Waals surface area contributed by atoms with Gasteiger partial charge >= 0.3 is 0 Å². The minimum atomic E-state index is -0.0592. The molecule has 4 rings (SSSR count). The first-order valence-corrected chi connectivity index (χ1v) is 10.9. The Morgan fingerprint density at radius 1 is 0.938 bits per heavy atom. The SMILES string of the molecule is CC.Cc1c(C)c(OCc2ccccc2)c2c(c1F)CCNC2.O=COc1ccccc1. The molecule has 0 saturated heterocycles. The van der Waals surface area contributed by atoms with Crippen molar-refractivity contribution in [2.24, 2.45) is 0 Å². The standard InChI is InChI=1S/C18H20FNO.C7H6O2.C2H6/c1-12-13(2)18(21-11-14-6-4-3-5-7-14)16-10-20-9-8-15(16)17(12)19;8-6-9-7-4-2-1-3-5-7;1-2/h3-7,20H,8-11H2,1-2H3;1-6H;1-2H3. The molecule has 0 saturated carbocycles. The van der Waals surface area contributed by atoms with Gasteiger partial charge in [-0.1, -0.05) is 62.4 Å². The van der Waals surface area contributed by atoms with Crippen molar-refractivity contribution in [3.8, 4) is 11.5 Å². The van der Waals surface area contributed by atoms with Crippen LogP contribution in [0, 0.1) is 19.7 Å². The summed E-state index contributed by atoms with van der Waals surface area (Å²) >= 11 is 0. The molecule has 0 spiro atoms. The smallest absolute Gasteiger partial charge is 0.298 e. The lowest BCUT2D eigenvalue weighted by atomic mass is 9.93. The number of carbonyl (C=O) groups excluding carboxylic acids is 1. The number of fused-ring (bicyclic) bond motifs is 1. The number of nitrogens with one attached hydrogen (secondary N) is 1. The third kappa shape index (κ3) is 6.66. The van der Waals surface area contributed by atoms with Crippen LogP contribution in [0.3, 0.4) is 0 Å². The van der Waals surface area contributed by atoms with Crippen molar-refractivity contribution in [1.82, 2.24) is 5.32 Å². The van der Waals surface area contributed by atoms with E-state index in [1.165, 1.54) is 0 Å². The average Bonchev–Trinajstić information content (AvgIpc) is 2.86. The zero-order valence-corrected chi connectivity index (χ0v) is 19.3. The van der Waals surface area contributed by atoms with Crippen molar-refractivity contribution in [3.05, 3.63) is 94.3 Å². The molecule has 0 radical (unpaired) electrons. The second-order valence-electron chi connectivity index (χ2n) is 7.08. The number of para-hydroxylation sites is 1. The minimum absolute atomic E-state index is 0.0592. The van der Waals surface area contributed by atoms with E-state index in [4.69, 9.17) is 4.74 Å². The van der Waals surface area contributed by atoms with Gasteiger partial charge in [0.25, 0.3) is 6.47 Å². The summed E-state index contributed by atoms with van der Waals surface area (Å²) in [5.41, 5.74) is 4.54. The predicted molar refractivity (Wildman–Crippen MR) is 127 cm³/mol. The third-order valence-corrected chi connectivity index (χ3v) is 5.14. The zero-order valence-electron chi connectivity index (χ0n) is 19.3. The summed E-state index contributed by atoms with van der Waals surface area (Å²) in [4.78, 5) is 9.75. The molecule has 32 heavy (non-hydrogen) atoms. The number of benzene rings is 3. The first-order valence-electron chi connectivity index (χ1n) is 10.9. The summed E-state index contributed by atoms with van der Waals surface area (Å²) in [6, 6.07) is 19.0. The van der Waals surface area contributed by atoms with Crippen molar-refractivity contribution in [2.45, 2.75) is 47.3 Å². The van der Waals surface area contributed by atoms with Gasteiger partial charge in [-0.15, -0.1) is 0 Å². The van der Waals surface area contributed by atoms with Crippen LogP contribution in [0.15, 0.2) is 60.7 Å². The highest BCUT2D eigenvalue weighted by molar-refractivity contribution is 5.52. The van der Waals surface area contributed by atoms with E-state index in [0.29, 0.717) is 30.9 Å². The van der Waals surface area contributed by atoms with Gasteiger partial charge in [-0.05, 0) is 61.2 Å². The van der Waals surface area contributed by atoms with E-state index >= 15 is 0 Å². The highest BCUT2D eigenvalue weighted by Crippen LogP contribution is 2.34. The van der Waals surface area contributed by atoms with Gasteiger partial charge in [-0.2, -0.15) is 0 Å². The molecule has 3 aromatic carbocycles. The van der Waals surface area contributed by atoms with Crippen LogP contribution in [-0.4, -0.2) is 13.0 Å². The van der Waals surface area contributed by atoms with E-state index in [9.17, 15) is 9.18 Å². The van der Waals surface area contributed by atoms with Crippen LogP contribution in [0.25, 0.3) is 0 Å². The molecule has 5 heteroatoms. The normalized spacial score (nSPS) is 11.7.